The van der Waals surface area contributed by atoms with Crippen LogP contribution in [0.5, 0.6) is 5.75 Å². The second kappa shape index (κ2) is 6.58. The van der Waals surface area contributed by atoms with E-state index in [1.807, 2.05) is 29.2 Å². The first-order chi connectivity index (χ1) is 14.3. The monoisotopic (exact) mass is 431 g/mol. The summed E-state index contributed by atoms with van der Waals surface area (Å²) in [5.74, 6) is -1.01. The summed E-state index contributed by atoms with van der Waals surface area (Å²) in [5.41, 5.74) is 5.76. The third-order valence-electron chi connectivity index (χ3n) is 6.04. The van der Waals surface area contributed by atoms with Crippen molar-refractivity contribution in [2.75, 3.05) is 18.0 Å². The fourth-order valence-electron chi connectivity index (χ4n) is 4.44. The van der Waals surface area contributed by atoms with Gasteiger partial charge in [-0.3, -0.25) is 4.79 Å². The summed E-state index contributed by atoms with van der Waals surface area (Å²) in [6, 6.07) is 1.16. The summed E-state index contributed by atoms with van der Waals surface area (Å²) < 4.78 is 21.6. The van der Waals surface area contributed by atoms with Crippen molar-refractivity contribution in [2.45, 2.75) is 24.4 Å². The SMILES string of the molecule is N[C@@]12C=CC=C[C@@H]1CN(c1c(F)cc3c(=O)c(OC(=O)O)cn(C4CC4)c3c1Cl)C2. The molecular weight excluding hydrogens is 413 g/mol. The van der Waals surface area contributed by atoms with Crippen LogP contribution in [0.4, 0.5) is 14.9 Å². The molecule has 3 N–H and O–H groups in total. The molecule has 0 amide bonds. The summed E-state index contributed by atoms with van der Waals surface area (Å²) >= 11 is 6.70. The van der Waals surface area contributed by atoms with Crippen LogP contribution in [-0.2, 0) is 0 Å². The van der Waals surface area contributed by atoms with Crippen LogP contribution in [0, 0.1) is 11.7 Å². The number of pyridine rings is 1. The first-order valence-electron chi connectivity index (χ1n) is 9.66. The molecular formula is C21H19ClFN3O4. The maximum atomic E-state index is 15.2. The summed E-state index contributed by atoms with van der Waals surface area (Å²) in [7, 11) is 0. The Hall–Kier alpha value is -2.84. The van der Waals surface area contributed by atoms with Gasteiger partial charge in [-0.15, -0.1) is 0 Å². The lowest BCUT2D eigenvalue weighted by atomic mass is 9.85. The fraction of sp³-hybridized carbons (Fsp3) is 0.333. The van der Waals surface area contributed by atoms with Crippen LogP contribution in [0.2, 0.25) is 5.02 Å². The maximum absolute atomic E-state index is 15.2. The number of benzene rings is 1. The molecule has 0 spiro atoms. The van der Waals surface area contributed by atoms with Crippen molar-refractivity contribution in [1.29, 1.82) is 0 Å². The molecule has 1 aromatic carbocycles. The summed E-state index contributed by atoms with van der Waals surface area (Å²) in [5, 5.41) is 9.04. The van der Waals surface area contributed by atoms with Crippen molar-refractivity contribution in [3.05, 3.63) is 57.6 Å². The number of hydrogen-bond donors (Lipinski definition) is 2. The van der Waals surface area contributed by atoms with Crippen LogP contribution < -0.4 is 20.8 Å². The van der Waals surface area contributed by atoms with Gasteiger partial charge in [-0.1, -0.05) is 35.9 Å². The highest BCUT2D eigenvalue weighted by Crippen LogP contribution is 2.44. The topological polar surface area (TPSA) is 97.8 Å². The summed E-state index contributed by atoms with van der Waals surface area (Å²) in [6.07, 6.45) is 9.17. The zero-order valence-corrected chi connectivity index (χ0v) is 16.6. The van der Waals surface area contributed by atoms with Crippen molar-refractivity contribution in [2.24, 2.45) is 11.7 Å². The molecule has 30 heavy (non-hydrogen) atoms. The predicted molar refractivity (Wildman–Crippen MR) is 111 cm³/mol. The molecule has 1 saturated heterocycles. The number of ether oxygens (including phenoxy) is 1. The Kier molecular flexibility index (Phi) is 4.20. The van der Waals surface area contributed by atoms with Crippen LogP contribution in [0.15, 0.2) is 41.4 Å². The second-order valence-electron chi connectivity index (χ2n) is 8.09. The average molecular weight is 432 g/mol. The van der Waals surface area contributed by atoms with Gasteiger partial charge in [-0.05, 0) is 18.9 Å². The third-order valence-corrected chi connectivity index (χ3v) is 6.40. The molecule has 1 saturated carbocycles. The number of rotatable bonds is 3. The Labute approximate surface area is 175 Å². The highest BCUT2D eigenvalue weighted by molar-refractivity contribution is 6.38. The van der Waals surface area contributed by atoms with E-state index in [9.17, 15) is 9.59 Å². The number of allylic oxidation sites excluding steroid dienone is 2. The van der Waals surface area contributed by atoms with Crippen LogP contribution in [-0.4, -0.2) is 34.5 Å². The van der Waals surface area contributed by atoms with Crippen molar-refractivity contribution in [3.63, 3.8) is 0 Å². The molecule has 1 aromatic heterocycles. The van der Waals surface area contributed by atoms with Crippen LogP contribution in [0.25, 0.3) is 10.9 Å². The number of fused-ring (bicyclic) bond motifs is 2. The third kappa shape index (κ3) is 2.90. The molecule has 0 bridgehead atoms. The Morgan fingerprint density at radius 2 is 2.13 bits per heavy atom. The molecule has 7 nitrogen and oxygen atoms in total. The largest absolute Gasteiger partial charge is 0.511 e. The molecule has 9 heteroatoms. The molecule has 2 fully saturated rings. The van der Waals surface area contributed by atoms with E-state index in [4.69, 9.17) is 22.4 Å². The Morgan fingerprint density at radius 1 is 1.37 bits per heavy atom. The zero-order chi connectivity index (χ0) is 21.2. The number of carbonyl (C=O) groups is 1. The van der Waals surface area contributed by atoms with Gasteiger partial charge in [-0.25, -0.2) is 9.18 Å². The molecule has 3 aliphatic rings. The van der Waals surface area contributed by atoms with E-state index in [-0.39, 0.29) is 33.8 Å². The molecule has 0 unspecified atom stereocenters. The number of nitrogens with two attached hydrogens (primary N) is 1. The molecule has 5 rings (SSSR count). The summed E-state index contributed by atoms with van der Waals surface area (Å²) in [6.45, 7) is 0.877. The van der Waals surface area contributed by atoms with Crippen molar-refractivity contribution < 1.29 is 19.0 Å². The van der Waals surface area contributed by atoms with E-state index in [0.717, 1.165) is 18.9 Å². The second-order valence-corrected chi connectivity index (χ2v) is 8.47. The van der Waals surface area contributed by atoms with Crippen LogP contribution in [0.1, 0.15) is 18.9 Å². The average Bonchev–Trinajstić information content (AvgIpc) is 3.45. The first kappa shape index (κ1) is 19.1. The lowest BCUT2D eigenvalue weighted by Crippen LogP contribution is -2.46. The van der Waals surface area contributed by atoms with E-state index < -0.39 is 22.9 Å². The van der Waals surface area contributed by atoms with E-state index in [1.165, 1.54) is 6.20 Å². The predicted octanol–water partition coefficient (Wildman–Crippen LogP) is 3.45. The Morgan fingerprint density at radius 3 is 2.80 bits per heavy atom. The van der Waals surface area contributed by atoms with Gasteiger partial charge < -0.3 is 25.0 Å². The number of nitrogens with zero attached hydrogens (tertiary/aromatic N) is 2. The van der Waals surface area contributed by atoms with Gasteiger partial charge in [-0.2, -0.15) is 0 Å². The molecule has 156 valence electrons. The lowest BCUT2D eigenvalue weighted by molar-refractivity contribution is 0.143. The molecule has 2 atom stereocenters. The number of halogens is 2. The van der Waals surface area contributed by atoms with E-state index >= 15 is 4.39 Å². The first-order valence-corrected chi connectivity index (χ1v) is 10.0. The van der Waals surface area contributed by atoms with E-state index in [2.05, 4.69) is 4.74 Å². The van der Waals surface area contributed by atoms with E-state index in [1.54, 1.807) is 4.57 Å². The standard InChI is InChI=1S/C21H19ClFN3O4/c22-16-17-13(19(27)15(30-20(28)29)9-26(17)12-4-5-12)7-14(23)18(16)25-8-11-3-1-2-6-21(11,24)10-25/h1-3,6-7,9,11-12H,4-5,8,10,24H2,(H,28,29)/t11-,21-/m1/s1. The molecule has 2 heterocycles. The van der Waals surface area contributed by atoms with Crippen molar-refractivity contribution in [3.8, 4) is 5.75 Å². The molecule has 1 aliphatic heterocycles. The Balaban J connectivity index is 1.69. The van der Waals surface area contributed by atoms with E-state index in [0.29, 0.717) is 18.6 Å². The number of anilines is 1. The quantitative estimate of drug-likeness (QED) is 0.722. The minimum absolute atomic E-state index is 0.00855. The van der Waals surface area contributed by atoms with Gasteiger partial charge in [0.15, 0.2) is 5.75 Å². The number of carboxylic acid groups (broad SMARTS) is 1. The lowest BCUT2D eigenvalue weighted by Gasteiger charge is -2.27. The van der Waals surface area contributed by atoms with Gasteiger partial charge in [0.05, 0.1) is 33.3 Å². The minimum atomic E-state index is -1.61. The zero-order valence-electron chi connectivity index (χ0n) is 15.8. The fourth-order valence-corrected chi connectivity index (χ4v) is 4.85. The minimum Gasteiger partial charge on any atom is -0.449 e. The normalized spacial score (nSPS) is 25.0. The van der Waals surface area contributed by atoms with Crippen molar-refractivity contribution >= 4 is 34.3 Å². The van der Waals surface area contributed by atoms with Crippen LogP contribution in [0.3, 0.4) is 0 Å². The molecule has 2 aromatic rings. The smallest absolute Gasteiger partial charge is 0.449 e. The molecule has 0 radical (unpaired) electrons. The highest BCUT2D eigenvalue weighted by Gasteiger charge is 2.43. The van der Waals surface area contributed by atoms with Gasteiger partial charge >= 0.3 is 6.16 Å². The van der Waals surface area contributed by atoms with Gasteiger partial charge in [0, 0.05) is 25.0 Å². The Bertz CT molecular complexity index is 1200. The maximum Gasteiger partial charge on any atom is 0.511 e. The summed E-state index contributed by atoms with van der Waals surface area (Å²) in [4.78, 5) is 25.6. The van der Waals surface area contributed by atoms with Gasteiger partial charge in [0.2, 0.25) is 5.43 Å². The van der Waals surface area contributed by atoms with Crippen molar-refractivity contribution in [1.82, 2.24) is 4.57 Å². The van der Waals surface area contributed by atoms with Gasteiger partial charge in [0.1, 0.15) is 5.82 Å². The number of hydrogen-bond acceptors (Lipinski definition) is 5. The highest BCUT2D eigenvalue weighted by atomic mass is 35.5. The molecule has 2 aliphatic carbocycles. The van der Waals surface area contributed by atoms with Gasteiger partial charge in [0.25, 0.3) is 0 Å². The van der Waals surface area contributed by atoms with Crippen LogP contribution >= 0.6 is 11.6 Å². The number of aromatic nitrogens is 1.